The van der Waals surface area contributed by atoms with E-state index in [0.29, 0.717) is 21.7 Å². The van der Waals surface area contributed by atoms with Crippen LogP contribution in [-0.4, -0.2) is 9.97 Å². The molecule has 2 aromatic heterocycles. The summed E-state index contributed by atoms with van der Waals surface area (Å²) >= 11 is 6.29. The van der Waals surface area contributed by atoms with Crippen LogP contribution in [0.4, 0.5) is 13.2 Å². The van der Waals surface area contributed by atoms with Crippen LogP contribution in [0, 0.1) is 13.8 Å². The molecule has 0 saturated carbocycles. The number of fused-ring (bicyclic) bond motifs is 3. The Hall–Kier alpha value is -2.53. The number of pyridine rings is 1. The van der Waals surface area contributed by atoms with Gasteiger partial charge in [0.2, 0.25) is 0 Å². The number of benzene rings is 2. The number of nitrogens with zero attached hydrogens (tertiary/aromatic N) is 1. The van der Waals surface area contributed by atoms with Gasteiger partial charge in [0, 0.05) is 27.6 Å². The van der Waals surface area contributed by atoms with E-state index < -0.39 is 11.7 Å². The minimum atomic E-state index is -4.40. The van der Waals surface area contributed by atoms with Crippen LogP contribution in [0.15, 0.2) is 42.6 Å². The smallest absolute Gasteiger partial charge is 0.353 e. The molecule has 0 spiro atoms. The standard InChI is InChI=1S/C20H14ClF3N2/c1-10-5-12(7-13(6-10)20(22,23)24)16-8-14(21)9-17-15-3-4-25-11(2)18(15)26-19(16)17/h3-9,26H,1-2H3. The van der Waals surface area contributed by atoms with E-state index in [1.54, 1.807) is 25.3 Å². The summed E-state index contributed by atoms with van der Waals surface area (Å²) in [6, 6.07) is 9.42. The molecule has 0 atom stereocenters. The quantitative estimate of drug-likeness (QED) is 0.396. The van der Waals surface area contributed by atoms with Gasteiger partial charge in [-0.15, -0.1) is 0 Å². The van der Waals surface area contributed by atoms with E-state index in [0.717, 1.165) is 39.6 Å². The van der Waals surface area contributed by atoms with Gasteiger partial charge >= 0.3 is 6.18 Å². The first-order chi connectivity index (χ1) is 12.2. The van der Waals surface area contributed by atoms with E-state index in [1.165, 1.54) is 0 Å². The lowest BCUT2D eigenvalue weighted by Gasteiger charge is -2.12. The maximum absolute atomic E-state index is 13.2. The molecule has 0 fully saturated rings. The number of aromatic nitrogens is 2. The van der Waals surface area contributed by atoms with Crippen molar-refractivity contribution >= 4 is 33.4 Å². The second-order valence-corrected chi connectivity index (χ2v) is 6.84. The Kier molecular flexibility index (Phi) is 3.74. The molecule has 4 aromatic rings. The van der Waals surface area contributed by atoms with Crippen molar-refractivity contribution in [2.75, 3.05) is 0 Å². The third kappa shape index (κ3) is 2.72. The van der Waals surface area contributed by atoms with Gasteiger partial charge in [0.05, 0.1) is 22.3 Å². The summed E-state index contributed by atoms with van der Waals surface area (Å²) in [6.45, 7) is 3.53. The van der Waals surface area contributed by atoms with Gasteiger partial charge in [0.1, 0.15) is 0 Å². The monoisotopic (exact) mass is 374 g/mol. The molecular weight excluding hydrogens is 361 g/mol. The first-order valence-corrected chi connectivity index (χ1v) is 8.37. The predicted octanol–water partition coefficient (Wildman–Crippen LogP) is 6.67. The molecular formula is C20H14ClF3N2. The van der Waals surface area contributed by atoms with Crippen molar-refractivity contribution in [1.82, 2.24) is 9.97 Å². The Labute approximate surface area is 152 Å². The lowest BCUT2D eigenvalue weighted by Crippen LogP contribution is -2.05. The van der Waals surface area contributed by atoms with Gasteiger partial charge in [0.25, 0.3) is 0 Å². The molecule has 4 rings (SSSR count). The van der Waals surface area contributed by atoms with Crippen molar-refractivity contribution in [2.45, 2.75) is 20.0 Å². The van der Waals surface area contributed by atoms with Gasteiger partial charge in [0.15, 0.2) is 0 Å². The minimum absolute atomic E-state index is 0.470. The lowest BCUT2D eigenvalue weighted by molar-refractivity contribution is -0.137. The Morgan fingerprint density at radius 2 is 1.73 bits per heavy atom. The summed E-state index contributed by atoms with van der Waals surface area (Å²) in [5.41, 5.74) is 3.40. The van der Waals surface area contributed by atoms with Crippen molar-refractivity contribution in [3.63, 3.8) is 0 Å². The fourth-order valence-electron chi connectivity index (χ4n) is 3.36. The SMILES string of the molecule is Cc1cc(-c2cc(Cl)cc3c2[nH]c2c(C)nccc23)cc(C(F)(F)F)c1. The number of halogens is 4. The van der Waals surface area contributed by atoms with Crippen molar-refractivity contribution < 1.29 is 13.2 Å². The molecule has 0 unspecified atom stereocenters. The molecule has 0 aliphatic rings. The number of H-pyrrole nitrogens is 1. The van der Waals surface area contributed by atoms with Crippen LogP contribution in [0.25, 0.3) is 32.9 Å². The highest BCUT2D eigenvalue weighted by Gasteiger charge is 2.31. The molecule has 2 aromatic carbocycles. The highest BCUT2D eigenvalue weighted by atomic mass is 35.5. The summed E-state index contributed by atoms with van der Waals surface area (Å²) < 4.78 is 39.7. The lowest BCUT2D eigenvalue weighted by atomic mass is 9.98. The molecule has 0 amide bonds. The average Bonchev–Trinajstić information content (AvgIpc) is 2.93. The Bertz CT molecular complexity index is 1160. The molecule has 2 heterocycles. The van der Waals surface area contributed by atoms with E-state index >= 15 is 0 Å². The van der Waals surface area contributed by atoms with Crippen molar-refractivity contribution in [2.24, 2.45) is 0 Å². The first-order valence-electron chi connectivity index (χ1n) is 8.00. The van der Waals surface area contributed by atoms with Crippen LogP contribution < -0.4 is 0 Å². The van der Waals surface area contributed by atoms with E-state index in [1.807, 2.05) is 19.1 Å². The predicted molar refractivity (Wildman–Crippen MR) is 98.5 cm³/mol. The van der Waals surface area contributed by atoms with Gasteiger partial charge in [-0.05, 0) is 55.3 Å². The van der Waals surface area contributed by atoms with Gasteiger partial charge in [-0.3, -0.25) is 4.98 Å². The zero-order valence-electron chi connectivity index (χ0n) is 14.0. The number of aromatic amines is 1. The highest BCUT2D eigenvalue weighted by molar-refractivity contribution is 6.32. The molecule has 6 heteroatoms. The number of hydrogen-bond donors (Lipinski definition) is 1. The van der Waals surface area contributed by atoms with Crippen molar-refractivity contribution in [3.8, 4) is 11.1 Å². The number of rotatable bonds is 1. The fraction of sp³-hybridized carbons (Fsp3) is 0.150. The normalized spacial score (nSPS) is 12.2. The molecule has 0 bridgehead atoms. The molecule has 0 aliphatic carbocycles. The van der Waals surface area contributed by atoms with Crippen LogP contribution in [0.2, 0.25) is 5.02 Å². The van der Waals surface area contributed by atoms with Crippen LogP contribution in [0.1, 0.15) is 16.8 Å². The molecule has 0 aliphatic heterocycles. The van der Waals surface area contributed by atoms with Crippen LogP contribution in [-0.2, 0) is 6.18 Å². The number of alkyl halides is 3. The Morgan fingerprint density at radius 3 is 2.46 bits per heavy atom. The summed E-state index contributed by atoms with van der Waals surface area (Å²) in [5.74, 6) is 0. The van der Waals surface area contributed by atoms with Crippen molar-refractivity contribution in [3.05, 3.63) is 64.4 Å². The number of nitrogens with one attached hydrogen (secondary N) is 1. The molecule has 26 heavy (non-hydrogen) atoms. The fourth-order valence-corrected chi connectivity index (χ4v) is 3.58. The topological polar surface area (TPSA) is 28.7 Å². The van der Waals surface area contributed by atoms with Gasteiger partial charge in [-0.2, -0.15) is 13.2 Å². The number of aryl methyl sites for hydroxylation is 2. The second-order valence-electron chi connectivity index (χ2n) is 6.41. The van der Waals surface area contributed by atoms with E-state index in [9.17, 15) is 13.2 Å². The molecule has 2 nitrogen and oxygen atoms in total. The second kappa shape index (κ2) is 5.74. The van der Waals surface area contributed by atoms with Crippen molar-refractivity contribution in [1.29, 1.82) is 0 Å². The maximum atomic E-state index is 13.2. The van der Waals surface area contributed by atoms with Gasteiger partial charge in [-0.25, -0.2) is 0 Å². The highest BCUT2D eigenvalue weighted by Crippen LogP contribution is 2.39. The third-order valence-corrected chi connectivity index (χ3v) is 4.72. The average molecular weight is 375 g/mol. The minimum Gasteiger partial charge on any atom is -0.353 e. The van der Waals surface area contributed by atoms with E-state index in [4.69, 9.17) is 11.6 Å². The van der Waals surface area contributed by atoms with E-state index in [-0.39, 0.29) is 0 Å². The summed E-state index contributed by atoms with van der Waals surface area (Å²) in [5, 5.41) is 2.28. The Balaban J connectivity index is 2.08. The summed E-state index contributed by atoms with van der Waals surface area (Å²) in [7, 11) is 0. The van der Waals surface area contributed by atoms with Crippen LogP contribution in [0.5, 0.6) is 0 Å². The zero-order valence-corrected chi connectivity index (χ0v) is 14.8. The first kappa shape index (κ1) is 16.9. The van der Waals surface area contributed by atoms with Gasteiger partial charge in [-0.1, -0.05) is 17.7 Å². The van der Waals surface area contributed by atoms with Crippen LogP contribution in [0.3, 0.4) is 0 Å². The largest absolute Gasteiger partial charge is 0.416 e. The molecule has 132 valence electrons. The third-order valence-electron chi connectivity index (χ3n) is 4.50. The summed E-state index contributed by atoms with van der Waals surface area (Å²) in [6.07, 6.45) is -2.70. The molecule has 0 saturated heterocycles. The summed E-state index contributed by atoms with van der Waals surface area (Å²) in [4.78, 5) is 7.59. The Morgan fingerprint density at radius 1 is 0.962 bits per heavy atom. The van der Waals surface area contributed by atoms with E-state index in [2.05, 4.69) is 9.97 Å². The van der Waals surface area contributed by atoms with Crippen LogP contribution >= 0.6 is 11.6 Å². The number of hydrogen-bond acceptors (Lipinski definition) is 1. The maximum Gasteiger partial charge on any atom is 0.416 e. The molecule has 0 radical (unpaired) electrons. The molecule has 1 N–H and O–H groups in total. The zero-order chi connectivity index (χ0) is 18.6. The van der Waals surface area contributed by atoms with Gasteiger partial charge < -0.3 is 4.98 Å².